The summed E-state index contributed by atoms with van der Waals surface area (Å²) in [6.45, 7) is 2.34. The van der Waals surface area contributed by atoms with Crippen molar-refractivity contribution in [3.05, 3.63) is 58.9 Å². The van der Waals surface area contributed by atoms with E-state index in [1.165, 1.54) is 0 Å². The molecule has 2 aromatic heterocycles. The lowest BCUT2D eigenvalue weighted by Crippen LogP contribution is -2.30. The number of carboxylic acids is 1. The van der Waals surface area contributed by atoms with Gasteiger partial charge in [0.05, 0.1) is 22.6 Å². The number of hydrogen-bond acceptors (Lipinski definition) is 5. The third-order valence-electron chi connectivity index (χ3n) is 6.01. The maximum absolute atomic E-state index is 13.5. The number of aliphatic carboxylic acids is 1. The van der Waals surface area contributed by atoms with E-state index in [1.54, 1.807) is 11.8 Å². The van der Waals surface area contributed by atoms with Gasteiger partial charge in [-0.15, -0.1) is 0 Å². The van der Waals surface area contributed by atoms with Crippen molar-refractivity contribution in [2.75, 3.05) is 13.1 Å². The number of carbonyl (C=O) groups is 2. The molecule has 1 saturated heterocycles. The molecule has 3 aromatic rings. The van der Waals surface area contributed by atoms with Crippen molar-refractivity contribution in [1.29, 1.82) is 0 Å². The molecule has 29 heavy (non-hydrogen) atoms. The smallest absolute Gasteiger partial charge is 0.308 e. The van der Waals surface area contributed by atoms with Crippen LogP contribution in [0.5, 0.6) is 0 Å². The van der Waals surface area contributed by atoms with Crippen molar-refractivity contribution >= 4 is 23.0 Å². The highest BCUT2D eigenvalue weighted by Gasteiger charge is 2.41. The monoisotopic (exact) mass is 391 g/mol. The molecule has 0 radical (unpaired) electrons. The lowest BCUT2D eigenvalue weighted by atomic mass is 9.89. The molecule has 2 aliphatic rings. The largest absolute Gasteiger partial charge is 0.481 e. The van der Waals surface area contributed by atoms with Crippen LogP contribution < -0.4 is 0 Å². The number of carboxylic acid groups (broad SMARTS) is 1. The SMILES string of the molecule is Cc1noc2nc(C3CC3)cc(C(=O)N3C[C@H](C(=O)O)[C@H](c4ccccc4)C3)c12. The summed E-state index contributed by atoms with van der Waals surface area (Å²) in [4.78, 5) is 31.6. The lowest BCUT2D eigenvalue weighted by Gasteiger charge is -2.17. The van der Waals surface area contributed by atoms with Crippen molar-refractivity contribution in [3.63, 3.8) is 0 Å². The second-order valence-corrected chi connectivity index (χ2v) is 7.99. The zero-order valence-electron chi connectivity index (χ0n) is 16.0. The number of fused-ring (bicyclic) bond motifs is 1. The van der Waals surface area contributed by atoms with Gasteiger partial charge in [-0.1, -0.05) is 35.5 Å². The lowest BCUT2D eigenvalue weighted by molar-refractivity contribution is -0.141. The summed E-state index contributed by atoms with van der Waals surface area (Å²) in [6, 6.07) is 11.4. The van der Waals surface area contributed by atoms with E-state index in [0.29, 0.717) is 34.8 Å². The van der Waals surface area contributed by atoms with Crippen LogP contribution >= 0.6 is 0 Å². The Hall–Kier alpha value is -3.22. The molecule has 0 unspecified atom stereocenters. The molecule has 148 valence electrons. The van der Waals surface area contributed by atoms with Gasteiger partial charge in [0.2, 0.25) is 0 Å². The molecule has 1 aliphatic heterocycles. The van der Waals surface area contributed by atoms with E-state index >= 15 is 0 Å². The zero-order chi connectivity index (χ0) is 20.1. The van der Waals surface area contributed by atoms with Crippen LogP contribution in [0, 0.1) is 12.8 Å². The maximum atomic E-state index is 13.5. The topological polar surface area (TPSA) is 96.5 Å². The Morgan fingerprint density at radius 3 is 2.62 bits per heavy atom. The standard InChI is InChI=1S/C22H21N3O4/c1-12-19-15(9-18(14-7-8-14)23-20(19)29-24-12)21(26)25-10-16(17(11-25)22(27)28)13-5-3-2-4-6-13/h2-6,9,14,16-17H,7-8,10-11H2,1H3,(H,27,28)/t16-,17-/m0/s1. The zero-order valence-corrected chi connectivity index (χ0v) is 16.0. The summed E-state index contributed by atoms with van der Waals surface area (Å²) < 4.78 is 5.34. The Kier molecular flexibility index (Phi) is 4.12. The van der Waals surface area contributed by atoms with Gasteiger partial charge >= 0.3 is 5.97 Å². The molecular formula is C22H21N3O4. The Bertz CT molecular complexity index is 1100. The number of nitrogens with zero attached hydrogens (tertiary/aromatic N) is 3. The molecule has 1 amide bonds. The molecule has 0 bridgehead atoms. The highest BCUT2D eigenvalue weighted by atomic mass is 16.5. The number of benzene rings is 1. The van der Waals surface area contributed by atoms with Gasteiger partial charge in [-0.05, 0) is 31.4 Å². The molecule has 2 fully saturated rings. The first-order chi connectivity index (χ1) is 14.0. The second kappa shape index (κ2) is 6.69. The van der Waals surface area contributed by atoms with Crippen LogP contribution in [0.3, 0.4) is 0 Å². The highest BCUT2D eigenvalue weighted by molar-refractivity contribution is 6.06. The molecule has 5 rings (SSSR count). The van der Waals surface area contributed by atoms with Crippen LogP contribution in [-0.2, 0) is 4.79 Å². The van der Waals surface area contributed by atoms with Gasteiger partial charge in [-0.2, -0.15) is 0 Å². The van der Waals surface area contributed by atoms with E-state index in [-0.39, 0.29) is 18.4 Å². The summed E-state index contributed by atoms with van der Waals surface area (Å²) in [5.41, 5.74) is 3.30. The maximum Gasteiger partial charge on any atom is 0.308 e. The minimum absolute atomic E-state index is 0.181. The number of pyridine rings is 1. The van der Waals surface area contributed by atoms with E-state index in [0.717, 1.165) is 24.1 Å². The number of likely N-dealkylation sites (tertiary alicyclic amines) is 1. The molecule has 7 heteroatoms. The fraction of sp³-hybridized carbons (Fsp3) is 0.364. The van der Waals surface area contributed by atoms with Crippen LogP contribution in [0.25, 0.3) is 11.1 Å². The number of aryl methyl sites for hydroxylation is 1. The summed E-state index contributed by atoms with van der Waals surface area (Å²) >= 11 is 0. The van der Waals surface area contributed by atoms with E-state index < -0.39 is 11.9 Å². The van der Waals surface area contributed by atoms with Crippen LogP contribution in [0.15, 0.2) is 40.9 Å². The van der Waals surface area contributed by atoms with Crippen molar-refractivity contribution < 1.29 is 19.2 Å². The van der Waals surface area contributed by atoms with Crippen molar-refractivity contribution in [1.82, 2.24) is 15.0 Å². The Balaban J connectivity index is 1.52. The number of hydrogen-bond donors (Lipinski definition) is 1. The summed E-state index contributed by atoms with van der Waals surface area (Å²) in [7, 11) is 0. The summed E-state index contributed by atoms with van der Waals surface area (Å²) in [6.07, 6.45) is 2.11. The first-order valence-electron chi connectivity index (χ1n) is 9.87. The summed E-state index contributed by atoms with van der Waals surface area (Å²) in [5.74, 6) is -1.57. The van der Waals surface area contributed by atoms with Crippen LogP contribution in [0.4, 0.5) is 0 Å². The third kappa shape index (κ3) is 3.06. The number of amides is 1. The Morgan fingerprint density at radius 1 is 1.17 bits per heavy atom. The molecule has 1 N–H and O–H groups in total. The van der Waals surface area contributed by atoms with E-state index in [2.05, 4.69) is 10.1 Å². The number of aromatic nitrogens is 2. The first kappa shape index (κ1) is 17.8. The predicted octanol–water partition coefficient (Wildman–Crippen LogP) is 3.35. The normalized spacial score (nSPS) is 21.6. The van der Waals surface area contributed by atoms with Gasteiger partial charge in [0, 0.05) is 30.6 Å². The predicted molar refractivity (Wildman–Crippen MR) is 105 cm³/mol. The molecule has 1 aliphatic carbocycles. The molecule has 1 saturated carbocycles. The minimum atomic E-state index is -0.881. The van der Waals surface area contributed by atoms with Crippen LogP contribution in [0.2, 0.25) is 0 Å². The Morgan fingerprint density at radius 2 is 1.93 bits per heavy atom. The number of carbonyl (C=O) groups excluding carboxylic acids is 1. The molecule has 2 atom stereocenters. The van der Waals surface area contributed by atoms with Gasteiger partial charge in [0.1, 0.15) is 0 Å². The van der Waals surface area contributed by atoms with Gasteiger partial charge in [-0.3, -0.25) is 9.59 Å². The Labute approximate surface area is 167 Å². The van der Waals surface area contributed by atoms with Crippen molar-refractivity contribution in [3.8, 4) is 0 Å². The molecule has 7 nitrogen and oxygen atoms in total. The van der Waals surface area contributed by atoms with Crippen LogP contribution in [-0.4, -0.2) is 45.1 Å². The molecular weight excluding hydrogens is 370 g/mol. The minimum Gasteiger partial charge on any atom is -0.481 e. The van der Waals surface area contributed by atoms with E-state index in [9.17, 15) is 14.7 Å². The van der Waals surface area contributed by atoms with Gasteiger partial charge < -0.3 is 14.5 Å². The highest BCUT2D eigenvalue weighted by Crippen LogP contribution is 2.41. The number of rotatable bonds is 4. The fourth-order valence-corrected chi connectivity index (χ4v) is 4.30. The van der Waals surface area contributed by atoms with Gasteiger partial charge in [0.25, 0.3) is 11.6 Å². The molecule has 3 heterocycles. The van der Waals surface area contributed by atoms with E-state index in [4.69, 9.17) is 4.52 Å². The fourth-order valence-electron chi connectivity index (χ4n) is 4.30. The van der Waals surface area contributed by atoms with Gasteiger partial charge in [0.15, 0.2) is 0 Å². The second-order valence-electron chi connectivity index (χ2n) is 7.99. The quantitative estimate of drug-likeness (QED) is 0.733. The van der Waals surface area contributed by atoms with Gasteiger partial charge in [-0.25, -0.2) is 4.98 Å². The average Bonchev–Trinajstić information content (AvgIpc) is 3.38. The van der Waals surface area contributed by atoms with Crippen LogP contribution in [0.1, 0.15) is 52.0 Å². The van der Waals surface area contributed by atoms with Crippen molar-refractivity contribution in [2.45, 2.75) is 31.6 Å². The van der Waals surface area contributed by atoms with E-state index in [1.807, 2.05) is 36.4 Å². The first-order valence-corrected chi connectivity index (χ1v) is 9.87. The molecule has 0 spiro atoms. The molecule has 1 aromatic carbocycles. The third-order valence-corrected chi connectivity index (χ3v) is 6.01. The summed E-state index contributed by atoms with van der Waals surface area (Å²) in [5, 5.41) is 14.4. The average molecular weight is 391 g/mol. The van der Waals surface area contributed by atoms with Crippen molar-refractivity contribution in [2.24, 2.45) is 5.92 Å².